The molecule has 1 N–H and O–H groups in total. The van der Waals surface area contributed by atoms with Crippen molar-refractivity contribution in [1.29, 1.82) is 0 Å². The van der Waals surface area contributed by atoms with Crippen molar-refractivity contribution >= 4 is 22.6 Å². The lowest BCUT2D eigenvalue weighted by Gasteiger charge is -2.12. The van der Waals surface area contributed by atoms with E-state index in [0.29, 0.717) is 23.6 Å². The van der Waals surface area contributed by atoms with E-state index in [4.69, 9.17) is 19.2 Å². The molecule has 0 aliphatic heterocycles. The molecular weight excluding hydrogens is 406 g/mol. The molecule has 0 bridgehead atoms. The Labute approximate surface area is 186 Å². The number of carbonyl (C=O) groups is 1. The zero-order chi connectivity index (χ0) is 22.5. The Morgan fingerprint density at radius 1 is 0.906 bits per heavy atom. The number of imidazole rings is 1. The molecule has 1 heterocycles. The monoisotopic (exact) mass is 431 g/mol. The molecule has 164 valence electrons. The Balaban J connectivity index is 1.60. The number of aromatic nitrogens is 2. The number of rotatable bonds is 8. The molecule has 3 aromatic carbocycles. The predicted molar refractivity (Wildman–Crippen MR) is 124 cm³/mol. The zero-order valence-electron chi connectivity index (χ0n) is 18.3. The molecule has 0 aliphatic carbocycles. The summed E-state index contributed by atoms with van der Waals surface area (Å²) in [5.41, 5.74) is 3.48. The fourth-order valence-corrected chi connectivity index (χ4v) is 3.63. The van der Waals surface area contributed by atoms with Crippen molar-refractivity contribution in [1.82, 2.24) is 9.55 Å². The highest BCUT2D eigenvalue weighted by molar-refractivity contribution is 5.91. The van der Waals surface area contributed by atoms with Crippen molar-refractivity contribution in [2.75, 3.05) is 26.6 Å². The van der Waals surface area contributed by atoms with Crippen LogP contribution in [0.15, 0.2) is 66.7 Å². The van der Waals surface area contributed by atoms with Crippen molar-refractivity contribution in [2.45, 2.75) is 13.0 Å². The second-order valence-corrected chi connectivity index (χ2v) is 7.25. The maximum absolute atomic E-state index is 12.8. The third-order valence-corrected chi connectivity index (χ3v) is 5.22. The Morgan fingerprint density at radius 3 is 2.38 bits per heavy atom. The largest absolute Gasteiger partial charge is 0.497 e. The first-order valence-electron chi connectivity index (χ1n) is 10.2. The van der Waals surface area contributed by atoms with E-state index in [1.165, 1.54) is 0 Å². The van der Waals surface area contributed by atoms with Gasteiger partial charge in [0.15, 0.2) is 11.5 Å². The minimum Gasteiger partial charge on any atom is -0.497 e. The van der Waals surface area contributed by atoms with Crippen LogP contribution < -0.4 is 19.5 Å². The van der Waals surface area contributed by atoms with Crippen molar-refractivity contribution in [3.8, 4) is 17.2 Å². The second kappa shape index (κ2) is 9.43. The van der Waals surface area contributed by atoms with Crippen LogP contribution in [0.4, 0.5) is 5.69 Å². The molecule has 0 unspecified atom stereocenters. The van der Waals surface area contributed by atoms with E-state index in [9.17, 15) is 4.79 Å². The van der Waals surface area contributed by atoms with Gasteiger partial charge < -0.3 is 24.1 Å². The van der Waals surface area contributed by atoms with Crippen LogP contribution in [0, 0.1) is 0 Å². The van der Waals surface area contributed by atoms with Crippen LogP contribution >= 0.6 is 0 Å². The molecule has 4 aromatic rings. The Hall–Kier alpha value is -4.00. The van der Waals surface area contributed by atoms with Crippen molar-refractivity contribution < 1.29 is 19.0 Å². The van der Waals surface area contributed by atoms with Crippen LogP contribution in [0.2, 0.25) is 0 Å². The van der Waals surface area contributed by atoms with Crippen LogP contribution in [-0.4, -0.2) is 36.8 Å². The summed E-state index contributed by atoms with van der Waals surface area (Å²) in [6.45, 7) is 0.148. The summed E-state index contributed by atoms with van der Waals surface area (Å²) in [6, 6.07) is 20.8. The van der Waals surface area contributed by atoms with Gasteiger partial charge in [-0.25, -0.2) is 4.98 Å². The number of nitrogens with zero attached hydrogens (tertiary/aromatic N) is 2. The molecule has 1 amide bonds. The predicted octanol–water partition coefficient (Wildman–Crippen LogP) is 4.29. The van der Waals surface area contributed by atoms with Gasteiger partial charge in [0, 0.05) is 12.1 Å². The molecule has 0 atom stereocenters. The number of benzene rings is 3. The van der Waals surface area contributed by atoms with E-state index in [1.807, 2.05) is 71.3 Å². The number of hydrogen-bond acceptors (Lipinski definition) is 5. The molecule has 0 saturated heterocycles. The molecular formula is C25H25N3O4. The van der Waals surface area contributed by atoms with Gasteiger partial charge >= 0.3 is 0 Å². The number of fused-ring (bicyclic) bond motifs is 1. The number of para-hydroxylation sites is 2. The van der Waals surface area contributed by atoms with Gasteiger partial charge in [0.2, 0.25) is 5.91 Å². The Kier molecular flexibility index (Phi) is 6.26. The van der Waals surface area contributed by atoms with Gasteiger partial charge in [0.1, 0.15) is 18.1 Å². The molecule has 0 radical (unpaired) electrons. The number of ether oxygens (including phenoxy) is 3. The number of nitrogens with one attached hydrogen (secondary N) is 1. The summed E-state index contributed by atoms with van der Waals surface area (Å²) in [5.74, 6) is 2.73. The summed E-state index contributed by atoms with van der Waals surface area (Å²) in [6.07, 6.45) is 0.546. The summed E-state index contributed by atoms with van der Waals surface area (Å²) in [7, 11) is 4.83. The van der Waals surface area contributed by atoms with Gasteiger partial charge in [0.25, 0.3) is 0 Å². The van der Waals surface area contributed by atoms with E-state index in [1.54, 1.807) is 21.3 Å². The topological polar surface area (TPSA) is 74.6 Å². The van der Waals surface area contributed by atoms with Gasteiger partial charge in [-0.2, -0.15) is 0 Å². The molecule has 7 nitrogen and oxygen atoms in total. The smallest absolute Gasteiger partial charge is 0.244 e. The van der Waals surface area contributed by atoms with E-state index in [2.05, 4.69) is 5.32 Å². The average molecular weight is 431 g/mol. The van der Waals surface area contributed by atoms with Crippen LogP contribution in [0.25, 0.3) is 11.0 Å². The fraction of sp³-hybridized carbons (Fsp3) is 0.200. The van der Waals surface area contributed by atoms with Crippen LogP contribution in [0.3, 0.4) is 0 Å². The lowest BCUT2D eigenvalue weighted by Crippen LogP contribution is -2.20. The highest BCUT2D eigenvalue weighted by atomic mass is 16.5. The van der Waals surface area contributed by atoms with Crippen molar-refractivity contribution in [3.05, 3.63) is 78.1 Å². The summed E-state index contributed by atoms with van der Waals surface area (Å²) in [5, 5.41) is 2.94. The second-order valence-electron chi connectivity index (χ2n) is 7.25. The van der Waals surface area contributed by atoms with E-state index < -0.39 is 0 Å². The minimum atomic E-state index is -0.133. The first-order valence-corrected chi connectivity index (χ1v) is 10.2. The summed E-state index contributed by atoms with van der Waals surface area (Å²) < 4.78 is 17.9. The molecule has 0 saturated carbocycles. The van der Waals surface area contributed by atoms with Gasteiger partial charge in [-0.1, -0.05) is 18.2 Å². The van der Waals surface area contributed by atoms with E-state index in [0.717, 1.165) is 28.2 Å². The first-order chi connectivity index (χ1) is 15.6. The summed E-state index contributed by atoms with van der Waals surface area (Å²) in [4.78, 5) is 17.6. The molecule has 0 spiro atoms. The molecule has 7 heteroatoms. The molecule has 4 rings (SSSR count). The third kappa shape index (κ3) is 4.51. The van der Waals surface area contributed by atoms with Gasteiger partial charge in [-0.15, -0.1) is 0 Å². The number of anilines is 1. The maximum Gasteiger partial charge on any atom is 0.244 e. The lowest BCUT2D eigenvalue weighted by molar-refractivity contribution is -0.116. The van der Waals surface area contributed by atoms with Crippen LogP contribution in [-0.2, 0) is 17.8 Å². The number of carbonyl (C=O) groups excluding carboxylic acids is 1. The highest BCUT2D eigenvalue weighted by Crippen LogP contribution is 2.29. The Morgan fingerprint density at radius 2 is 1.66 bits per heavy atom. The summed E-state index contributed by atoms with van der Waals surface area (Å²) >= 11 is 0. The number of hydrogen-bond donors (Lipinski definition) is 1. The van der Waals surface area contributed by atoms with Crippen LogP contribution in [0.5, 0.6) is 17.2 Å². The SMILES string of the molecule is COc1ccc(NC(=O)Cn2c(Cc3ccc(OC)c(OC)c3)nc3ccccc32)cc1. The normalized spacial score (nSPS) is 10.7. The maximum atomic E-state index is 12.8. The zero-order valence-corrected chi connectivity index (χ0v) is 18.3. The van der Waals surface area contributed by atoms with Crippen molar-refractivity contribution in [3.63, 3.8) is 0 Å². The van der Waals surface area contributed by atoms with Gasteiger partial charge in [-0.3, -0.25) is 4.79 Å². The molecule has 1 aromatic heterocycles. The minimum absolute atomic E-state index is 0.133. The molecule has 32 heavy (non-hydrogen) atoms. The van der Waals surface area contributed by atoms with Crippen molar-refractivity contribution in [2.24, 2.45) is 0 Å². The number of methoxy groups -OCH3 is 3. The van der Waals surface area contributed by atoms with Gasteiger partial charge in [-0.05, 0) is 54.1 Å². The molecule has 0 aliphatic rings. The average Bonchev–Trinajstić information content (AvgIpc) is 3.16. The third-order valence-electron chi connectivity index (χ3n) is 5.22. The highest BCUT2D eigenvalue weighted by Gasteiger charge is 2.15. The van der Waals surface area contributed by atoms with E-state index in [-0.39, 0.29) is 12.5 Å². The fourth-order valence-electron chi connectivity index (χ4n) is 3.63. The first kappa shape index (κ1) is 21.2. The standard InChI is InChI=1S/C25H25N3O4/c1-30-19-11-9-18(10-12-19)26-25(29)16-28-21-7-5-4-6-20(21)27-24(28)15-17-8-13-22(31-2)23(14-17)32-3/h4-14H,15-16H2,1-3H3,(H,26,29). The Bertz CT molecular complexity index is 1230. The number of amides is 1. The molecule has 0 fully saturated rings. The van der Waals surface area contributed by atoms with E-state index >= 15 is 0 Å². The van der Waals surface area contributed by atoms with Crippen LogP contribution in [0.1, 0.15) is 11.4 Å². The lowest BCUT2D eigenvalue weighted by atomic mass is 10.1. The quantitative estimate of drug-likeness (QED) is 0.450. The van der Waals surface area contributed by atoms with Gasteiger partial charge in [0.05, 0.1) is 32.4 Å².